The molecule has 19 nitrogen and oxygen atoms in total. The third-order valence-corrected chi connectivity index (χ3v) is 6.46. The number of rotatable bonds is 11. The summed E-state index contributed by atoms with van der Waals surface area (Å²) in [5, 5.41) is 30.9. The van der Waals surface area contributed by atoms with Gasteiger partial charge in [-0.15, -0.1) is 0 Å². The van der Waals surface area contributed by atoms with Gasteiger partial charge in [0.2, 0.25) is 0 Å². The molecule has 0 aromatic carbocycles. The van der Waals surface area contributed by atoms with Crippen molar-refractivity contribution >= 4 is 31.2 Å². The molecule has 2 aliphatic heterocycles. The van der Waals surface area contributed by atoms with Gasteiger partial charge in [-0.2, -0.15) is 25.3 Å². The molecule has 0 amide bonds. The summed E-state index contributed by atoms with van der Waals surface area (Å²) in [7, 11) is -14.3. The number of aliphatic hydroxyl groups is 3. The van der Waals surface area contributed by atoms with Gasteiger partial charge in [0, 0.05) is 7.11 Å². The molecule has 2 heterocycles. The zero-order valence-corrected chi connectivity index (χ0v) is 20.9. The lowest BCUT2D eigenvalue weighted by atomic mass is 9.95. The first-order valence-corrected chi connectivity index (χ1v) is 13.9. The van der Waals surface area contributed by atoms with E-state index in [2.05, 4.69) is 12.5 Å². The standard InChI is InChI=1S/C14H26O19S3/c1-5-10(32-35(21,22)23)8(16)11(7(29-5)4-28-34(18,19)20)31-14-9(17)13(27-2)12(6(3-15)30-14)33-36(24,25)26/h5-17H,3-4H2,1-2H3,(H,18,19,20)(H,21,22,23)(H,24,25,26). The molecule has 0 aromatic heterocycles. The smallest absolute Gasteiger partial charge is 0.394 e. The van der Waals surface area contributed by atoms with Crippen molar-refractivity contribution in [2.45, 2.75) is 68.1 Å². The van der Waals surface area contributed by atoms with Crippen molar-refractivity contribution in [3.05, 3.63) is 0 Å². The van der Waals surface area contributed by atoms with Crippen LogP contribution in [0.1, 0.15) is 6.92 Å². The quantitative estimate of drug-likeness (QED) is 0.124. The van der Waals surface area contributed by atoms with Crippen LogP contribution in [0.25, 0.3) is 0 Å². The first-order chi connectivity index (χ1) is 16.4. The van der Waals surface area contributed by atoms with E-state index >= 15 is 0 Å². The summed E-state index contributed by atoms with van der Waals surface area (Å²) in [6, 6.07) is 0. The topological polar surface area (TPSA) is 288 Å². The van der Waals surface area contributed by atoms with E-state index in [0.29, 0.717) is 0 Å². The fourth-order valence-electron chi connectivity index (χ4n) is 3.68. The molecule has 2 rings (SSSR count). The minimum atomic E-state index is -5.15. The van der Waals surface area contributed by atoms with E-state index in [1.807, 2.05) is 0 Å². The second-order valence-corrected chi connectivity index (χ2v) is 10.8. The third-order valence-electron chi connectivity index (χ3n) is 5.10. The normalized spacial score (nSPS) is 38.7. The van der Waals surface area contributed by atoms with Crippen LogP contribution < -0.4 is 0 Å². The van der Waals surface area contributed by atoms with Crippen molar-refractivity contribution in [3.63, 3.8) is 0 Å². The van der Waals surface area contributed by atoms with Crippen LogP contribution in [0.15, 0.2) is 0 Å². The van der Waals surface area contributed by atoms with Gasteiger partial charge in [-0.25, -0.2) is 12.5 Å². The van der Waals surface area contributed by atoms with Crippen LogP contribution in [-0.2, 0) is 62.7 Å². The maximum atomic E-state index is 11.2. The van der Waals surface area contributed by atoms with E-state index in [1.54, 1.807) is 0 Å². The van der Waals surface area contributed by atoms with E-state index < -0.39 is 106 Å². The molecule has 2 aliphatic rings. The minimum absolute atomic E-state index is 0.975. The Hall–Kier alpha value is -0.670. The van der Waals surface area contributed by atoms with E-state index in [1.165, 1.54) is 6.92 Å². The Labute approximate surface area is 205 Å². The molecule has 0 bridgehead atoms. The molecule has 0 spiro atoms. The summed E-state index contributed by atoms with van der Waals surface area (Å²) in [5.41, 5.74) is 0. The van der Waals surface area contributed by atoms with Crippen molar-refractivity contribution < 1.29 is 85.7 Å². The van der Waals surface area contributed by atoms with Gasteiger partial charge in [0.05, 0.1) is 19.3 Å². The van der Waals surface area contributed by atoms with Crippen LogP contribution in [0.3, 0.4) is 0 Å². The predicted octanol–water partition coefficient (Wildman–Crippen LogP) is -4.19. The lowest BCUT2D eigenvalue weighted by Gasteiger charge is -2.47. The van der Waals surface area contributed by atoms with Gasteiger partial charge in [-0.3, -0.25) is 13.7 Å². The monoisotopic (exact) mass is 594 g/mol. The summed E-state index contributed by atoms with van der Waals surface area (Å²) in [4.78, 5) is 0. The SMILES string of the molecule is COC1C(O)C(OC2C(COS(=O)(=O)O)OC(C)C(OS(=O)(=O)O)C2O)OC(CO)C1OS(=O)(=O)O. The highest BCUT2D eigenvalue weighted by Crippen LogP contribution is 2.32. The van der Waals surface area contributed by atoms with E-state index in [-0.39, 0.29) is 0 Å². The van der Waals surface area contributed by atoms with Crippen LogP contribution in [0.4, 0.5) is 0 Å². The van der Waals surface area contributed by atoms with Crippen molar-refractivity contribution in [3.8, 4) is 0 Å². The molecular formula is C14H26O19S3. The maximum Gasteiger partial charge on any atom is 0.397 e. The molecule has 6 N–H and O–H groups in total. The largest absolute Gasteiger partial charge is 0.397 e. The number of hydrogen-bond donors (Lipinski definition) is 6. The first-order valence-electron chi connectivity index (χ1n) is 9.76. The van der Waals surface area contributed by atoms with Gasteiger partial charge in [-0.1, -0.05) is 0 Å². The van der Waals surface area contributed by atoms with Gasteiger partial charge in [0.25, 0.3) is 0 Å². The van der Waals surface area contributed by atoms with Gasteiger partial charge < -0.3 is 34.3 Å². The Kier molecular flexibility index (Phi) is 10.5. The Bertz CT molecular complexity index is 1040. The van der Waals surface area contributed by atoms with Crippen molar-refractivity contribution in [1.29, 1.82) is 0 Å². The van der Waals surface area contributed by atoms with Gasteiger partial charge >= 0.3 is 31.2 Å². The molecule has 10 atom stereocenters. The number of aliphatic hydroxyl groups excluding tert-OH is 3. The van der Waals surface area contributed by atoms with Crippen LogP contribution >= 0.6 is 0 Å². The summed E-state index contributed by atoms with van der Waals surface area (Å²) in [5.74, 6) is 0. The molecule has 36 heavy (non-hydrogen) atoms. The Morgan fingerprint density at radius 1 is 0.750 bits per heavy atom. The molecule has 0 aliphatic carbocycles. The summed E-state index contributed by atoms with van der Waals surface area (Å²) < 4.78 is 128. The number of methoxy groups -OCH3 is 1. The third kappa shape index (κ3) is 8.69. The molecular weight excluding hydrogens is 568 g/mol. The van der Waals surface area contributed by atoms with Crippen molar-refractivity contribution in [1.82, 2.24) is 0 Å². The molecule has 2 saturated heterocycles. The van der Waals surface area contributed by atoms with E-state index in [4.69, 9.17) is 32.6 Å². The fraction of sp³-hybridized carbons (Fsp3) is 1.00. The first kappa shape index (κ1) is 31.5. The lowest BCUT2D eigenvalue weighted by Crippen LogP contribution is -2.65. The highest BCUT2D eigenvalue weighted by molar-refractivity contribution is 7.81. The fourth-order valence-corrected chi connectivity index (χ4v) is 5.05. The zero-order chi connectivity index (χ0) is 27.6. The van der Waals surface area contributed by atoms with Gasteiger partial charge in [0.15, 0.2) is 6.29 Å². The molecule has 0 radical (unpaired) electrons. The van der Waals surface area contributed by atoms with Crippen LogP contribution in [0.2, 0.25) is 0 Å². The summed E-state index contributed by atoms with van der Waals surface area (Å²) in [6.07, 6.45) is -17.7. The molecule has 2 fully saturated rings. The van der Waals surface area contributed by atoms with Crippen molar-refractivity contribution in [2.24, 2.45) is 0 Å². The number of ether oxygens (including phenoxy) is 4. The maximum absolute atomic E-state index is 11.2. The lowest BCUT2D eigenvalue weighted by molar-refractivity contribution is -0.339. The van der Waals surface area contributed by atoms with Crippen LogP contribution in [0.5, 0.6) is 0 Å². The molecule has 10 unspecified atom stereocenters. The minimum Gasteiger partial charge on any atom is -0.394 e. The summed E-state index contributed by atoms with van der Waals surface area (Å²) >= 11 is 0. The molecule has 0 aromatic rings. The molecule has 0 saturated carbocycles. The van der Waals surface area contributed by atoms with Crippen LogP contribution in [-0.4, -0.2) is 136 Å². The molecule has 214 valence electrons. The van der Waals surface area contributed by atoms with Gasteiger partial charge in [-0.05, 0) is 6.92 Å². The van der Waals surface area contributed by atoms with E-state index in [9.17, 15) is 40.6 Å². The highest BCUT2D eigenvalue weighted by Gasteiger charge is 2.53. The van der Waals surface area contributed by atoms with Gasteiger partial charge in [0.1, 0.15) is 48.8 Å². The average Bonchev–Trinajstić information content (AvgIpc) is 2.71. The Morgan fingerprint density at radius 3 is 1.78 bits per heavy atom. The predicted molar refractivity (Wildman–Crippen MR) is 108 cm³/mol. The van der Waals surface area contributed by atoms with E-state index in [0.717, 1.165) is 7.11 Å². The highest BCUT2D eigenvalue weighted by atomic mass is 32.3. The van der Waals surface area contributed by atoms with Crippen LogP contribution in [0, 0.1) is 0 Å². The Balaban J connectivity index is 2.36. The average molecular weight is 595 g/mol. The van der Waals surface area contributed by atoms with Crippen molar-refractivity contribution in [2.75, 3.05) is 20.3 Å². The second kappa shape index (κ2) is 12.0. The second-order valence-electron chi connectivity index (χ2n) is 7.58. The zero-order valence-electron chi connectivity index (χ0n) is 18.4. The Morgan fingerprint density at radius 2 is 1.31 bits per heavy atom. The molecule has 22 heteroatoms. The number of hydrogen-bond acceptors (Lipinski definition) is 16. The summed E-state index contributed by atoms with van der Waals surface area (Å²) in [6.45, 7) is -0.823.